The van der Waals surface area contributed by atoms with Gasteiger partial charge in [0.1, 0.15) is 0 Å². The zero-order chi connectivity index (χ0) is 18.2. The van der Waals surface area contributed by atoms with Crippen molar-refractivity contribution in [2.45, 2.75) is 19.4 Å². The summed E-state index contributed by atoms with van der Waals surface area (Å²) >= 11 is 3.85. The van der Waals surface area contributed by atoms with E-state index in [1.807, 2.05) is 30.1 Å². The van der Waals surface area contributed by atoms with E-state index in [0.717, 1.165) is 32.1 Å². The van der Waals surface area contributed by atoms with Crippen LogP contribution in [0.25, 0.3) is 0 Å². The van der Waals surface area contributed by atoms with Crippen molar-refractivity contribution in [1.82, 2.24) is 10.6 Å². The summed E-state index contributed by atoms with van der Waals surface area (Å²) < 4.78 is 0. The minimum Gasteiger partial charge on any atom is -0.370 e. The molecule has 2 N–H and O–H groups in total. The van der Waals surface area contributed by atoms with Crippen LogP contribution in [0.15, 0.2) is 46.8 Å². The SMILES string of the molecule is CN=C(NCc1ccc(N2CCSCC2)cc1)NCC(C)c1cccs1.I. The molecule has 1 atom stereocenters. The molecule has 0 saturated carbocycles. The van der Waals surface area contributed by atoms with Gasteiger partial charge >= 0.3 is 0 Å². The molecule has 0 aliphatic carbocycles. The molecule has 0 radical (unpaired) electrons. The molecule has 1 aliphatic heterocycles. The van der Waals surface area contributed by atoms with Gasteiger partial charge in [0.15, 0.2) is 5.96 Å². The molecule has 1 aromatic heterocycles. The Labute approximate surface area is 188 Å². The normalized spacial score (nSPS) is 15.8. The first-order valence-corrected chi connectivity index (χ1v) is 11.2. The van der Waals surface area contributed by atoms with E-state index < -0.39 is 0 Å². The number of hydrogen-bond donors (Lipinski definition) is 2. The lowest BCUT2D eigenvalue weighted by Crippen LogP contribution is -2.38. The number of aliphatic imine (C=N–C) groups is 1. The Morgan fingerprint density at radius 3 is 2.52 bits per heavy atom. The lowest BCUT2D eigenvalue weighted by Gasteiger charge is -2.28. The molecule has 1 unspecified atom stereocenters. The predicted octanol–water partition coefficient (Wildman–Crippen LogP) is 4.39. The Bertz CT molecular complexity index is 683. The van der Waals surface area contributed by atoms with Crippen LogP contribution < -0.4 is 15.5 Å². The highest BCUT2D eigenvalue weighted by atomic mass is 127. The van der Waals surface area contributed by atoms with E-state index in [1.54, 1.807) is 0 Å². The van der Waals surface area contributed by atoms with Gasteiger partial charge in [0.25, 0.3) is 0 Å². The van der Waals surface area contributed by atoms with Gasteiger partial charge in [0.05, 0.1) is 0 Å². The van der Waals surface area contributed by atoms with Crippen LogP contribution in [0.1, 0.15) is 23.3 Å². The largest absolute Gasteiger partial charge is 0.370 e. The summed E-state index contributed by atoms with van der Waals surface area (Å²) in [6.45, 7) is 6.21. The van der Waals surface area contributed by atoms with E-state index >= 15 is 0 Å². The van der Waals surface area contributed by atoms with Gasteiger partial charge in [-0.25, -0.2) is 0 Å². The molecule has 2 heterocycles. The van der Waals surface area contributed by atoms with Gasteiger partial charge in [-0.05, 0) is 29.1 Å². The first kappa shape index (κ1) is 22.4. The van der Waals surface area contributed by atoms with Gasteiger partial charge in [-0.1, -0.05) is 25.1 Å². The molecule has 148 valence electrons. The maximum atomic E-state index is 4.33. The second-order valence-corrected chi connectivity index (χ2v) is 8.69. The highest BCUT2D eigenvalue weighted by Gasteiger charge is 2.11. The van der Waals surface area contributed by atoms with Crippen LogP contribution in [0.3, 0.4) is 0 Å². The average molecular weight is 517 g/mol. The van der Waals surface area contributed by atoms with Crippen LogP contribution >= 0.6 is 47.1 Å². The van der Waals surface area contributed by atoms with E-state index in [0.29, 0.717) is 5.92 Å². The number of anilines is 1. The molecular weight excluding hydrogens is 487 g/mol. The maximum absolute atomic E-state index is 4.33. The third-order valence-electron chi connectivity index (χ3n) is 4.60. The quantitative estimate of drug-likeness (QED) is 0.340. The summed E-state index contributed by atoms with van der Waals surface area (Å²) in [4.78, 5) is 8.21. The van der Waals surface area contributed by atoms with Gasteiger partial charge in [-0.2, -0.15) is 11.8 Å². The molecule has 0 bridgehead atoms. The van der Waals surface area contributed by atoms with E-state index in [-0.39, 0.29) is 24.0 Å². The summed E-state index contributed by atoms with van der Waals surface area (Å²) in [7, 11) is 1.82. The summed E-state index contributed by atoms with van der Waals surface area (Å²) in [5.74, 6) is 3.80. The number of nitrogens with one attached hydrogen (secondary N) is 2. The van der Waals surface area contributed by atoms with Crippen LogP contribution in [-0.2, 0) is 6.54 Å². The maximum Gasteiger partial charge on any atom is 0.191 e. The van der Waals surface area contributed by atoms with Gasteiger partial charge in [-0.3, -0.25) is 4.99 Å². The molecule has 0 spiro atoms. The number of halogens is 1. The van der Waals surface area contributed by atoms with Crippen LogP contribution in [-0.4, -0.2) is 44.1 Å². The van der Waals surface area contributed by atoms with Crippen molar-refractivity contribution in [3.63, 3.8) is 0 Å². The zero-order valence-electron chi connectivity index (χ0n) is 16.0. The fraction of sp³-hybridized carbons (Fsp3) is 0.450. The number of thioether (sulfide) groups is 1. The topological polar surface area (TPSA) is 39.7 Å². The monoisotopic (exact) mass is 516 g/mol. The van der Waals surface area contributed by atoms with Crippen molar-refractivity contribution < 1.29 is 0 Å². The van der Waals surface area contributed by atoms with Crippen molar-refractivity contribution in [3.8, 4) is 0 Å². The molecule has 2 aromatic rings. The molecule has 7 heteroatoms. The van der Waals surface area contributed by atoms with Crippen molar-refractivity contribution in [2.75, 3.05) is 43.1 Å². The van der Waals surface area contributed by atoms with Gasteiger partial charge < -0.3 is 15.5 Å². The fourth-order valence-corrected chi connectivity index (χ4v) is 4.66. The summed E-state index contributed by atoms with van der Waals surface area (Å²) in [6.07, 6.45) is 0. The minimum absolute atomic E-state index is 0. The molecule has 0 amide bonds. The number of hydrogen-bond acceptors (Lipinski definition) is 4. The molecule has 1 saturated heterocycles. The third-order valence-corrected chi connectivity index (χ3v) is 6.65. The molecule has 4 nitrogen and oxygen atoms in total. The summed E-state index contributed by atoms with van der Waals surface area (Å²) in [5.41, 5.74) is 2.61. The Kier molecular flexibility index (Phi) is 9.78. The van der Waals surface area contributed by atoms with E-state index in [4.69, 9.17) is 0 Å². The molecular formula is C20H29IN4S2. The van der Waals surface area contributed by atoms with Crippen molar-refractivity contribution >= 4 is 58.7 Å². The second-order valence-electron chi connectivity index (χ2n) is 6.49. The number of guanidine groups is 1. The van der Waals surface area contributed by atoms with Crippen molar-refractivity contribution in [2.24, 2.45) is 4.99 Å². The molecule has 1 aromatic carbocycles. The highest BCUT2D eigenvalue weighted by molar-refractivity contribution is 14.0. The second kappa shape index (κ2) is 11.8. The number of rotatable bonds is 6. The first-order valence-electron chi connectivity index (χ1n) is 9.16. The van der Waals surface area contributed by atoms with Crippen LogP contribution in [0.4, 0.5) is 5.69 Å². The van der Waals surface area contributed by atoms with Gasteiger partial charge in [-0.15, -0.1) is 35.3 Å². The number of benzene rings is 1. The molecule has 27 heavy (non-hydrogen) atoms. The van der Waals surface area contributed by atoms with Crippen LogP contribution in [0.2, 0.25) is 0 Å². The van der Waals surface area contributed by atoms with E-state index in [9.17, 15) is 0 Å². The van der Waals surface area contributed by atoms with Crippen LogP contribution in [0, 0.1) is 0 Å². The van der Waals surface area contributed by atoms with E-state index in [2.05, 4.69) is 69.2 Å². The van der Waals surface area contributed by atoms with Crippen molar-refractivity contribution in [3.05, 3.63) is 52.2 Å². The van der Waals surface area contributed by atoms with Crippen LogP contribution in [0.5, 0.6) is 0 Å². The van der Waals surface area contributed by atoms with Gasteiger partial charge in [0, 0.05) is 61.2 Å². The fourth-order valence-electron chi connectivity index (χ4n) is 2.97. The van der Waals surface area contributed by atoms with Crippen molar-refractivity contribution in [1.29, 1.82) is 0 Å². The Morgan fingerprint density at radius 1 is 1.15 bits per heavy atom. The summed E-state index contributed by atoms with van der Waals surface area (Å²) in [5, 5.41) is 8.97. The Balaban J connectivity index is 0.00000261. The average Bonchev–Trinajstić information content (AvgIpc) is 3.24. The smallest absolute Gasteiger partial charge is 0.191 e. The Morgan fingerprint density at radius 2 is 1.89 bits per heavy atom. The lowest BCUT2D eigenvalue weighted by atomic mass is 10.1. The number of thiophene rings is 1. The van der Waals surface area contributed by atoms with Gasteiger partial charge in [0.2, 0.25) is 0 Å². The first-order chi connectivity index (χ1) is 12.8. The standard InChI is InChI=1S/C20H28N4S2.HI/c1-16(19-4-3-11-26-19)14-22-20(21-2)23-15-17-5-7-18(8-6-17)24-9-12-25-13-10-24;/h3-8,11,16H,9-10,12-15H2,1-2H3,(H2,21,22,23);1H. The Hall–Kier alpha value is -0.930. The zero-order valence-corrected chi connectivity index (χ0v) is 19.9. The minimum atomic E-state index is 0. The van der Waals surface area contributed by atoms with E-state index in [1.165, 1.54) is 27.6 Å². The number of nitrogens with zero attached hydrogens (tertiary/aromatic N) is 2. The molecule has 3 rings (SSSR count). The predicted molar refractivity (Wildman–Crippen MR) is 132 cm³/mol. The summed E-state index contributed by atoms with van der Waals surface area (Å²) in [6, 6.07) is 13.2. The molecule has 1 fully saturated rings. The highest BCUT2D eigenvalue weighted by Crippen LogP contribution is 2.20. The third kappa shape index (κ3) is 6.87. The molecule has 1 aliphatic rings. The lowest BCUT2D eigenvalue weighted by molar-refractivity contribution is 0.708.